The van der Waals surface area contributed by atoms with E-state index in [1.807, 2.05) is 0 Å². The monoisotopic (exact) mass is 341 g/mol. The number of hydrogen-bond acceptors (Lipinski definition) is 1. The number of nitriles is 1. The zero-order valence-corrected chi connectivity index (χ0v) is 9.74. The fraction of sp³-hybridized carbons (Fsp3) is 0. The third-order valence-corrected chi connectivity index (χ3v) is 3.86. The van der Waals surface area contributed by atoms with E-state index in [0.29, 0.717) is 10.6 Å². The highest BCUT2D eigenvalue weighted by molar-refractivity contribution is 14.1. The minimum absolute atomic E-state index is 0.578. The van der Waals surface area contributed by atoms with Crippen LogP contribution in [0, 0.1) is 14.9 Å². The molecular weight excluding hydrogens is 340 g/mol. The van der Waals surface area contributed by atoms with Crippen molar-refractivity contribution in [3.8, 4) is 6.07 Å². The molecular formula is C7H2BrClIN. The van der Waals surface area contributed by atoms with Gasteiger partial charge in [-0.1, -0.05) is 11.6 Å². The molecule has 0 unspecified atom stereocenters. The van der Waals surface area contributed by atoms with Gasteiger partial charge in [0.15, 0.2) is 0 Å². The van der Waals surface area contributed by atoms with Gasteiger partial charge in [0.1, 0.15) is 6.07 Å². The second-order valence-electron chi connectivity index (χ2n) is 1.86. The number of rotatable bonds is 0. The minimum atomic E-state index is 0.578. The van der Waals surface area contributed by atoms with E-state index in [-0.39, 0.29) is 0 Å². The summed E-state index contributed by atoms with van der Waals surface area (Å²) in [6.45, 7) is 0. The molecule has 1 aromatic carbocycles. The number of halogens is 3. The molecule has 0 aliphatic carbocycles. The topological polar surface area (TPSA) is 23.8 Å². The molecule has 4 heteroatoms. The van der Waals surface area contributed by atoms with Crippen LogP contribution in [0.4, 0.5) is 0 Å². The summed E-state index contributed by atoms with van der Waals surface area (Å²) in [6, 6.07) is 5.47. The summed E-state index contributed by atoms with van der Waals surface area (Å²) >= 11 is 11.1. The van der Waals surface area contributed by atoms with Crippen molar-refractivity contribution in [2.75, 3.05) is 0 Å². The van der Waals surface area contributed by atoms with Gasteiger partial charge in [-0.3, -0.25) is 0 Å². The maximum atomic E-state index is 8.63. The zero-order valence-electron chi connectivity index (χ0n) is 5.24. The first kappa shape index (κ1) is 9.30. The fourth-order valence-electron chi connectivity index (χ4n) is 0.637. The van der Waals surface area contributed by atoms with Gasteiger partial charge < -0.3 is 0 Å². The Hall–Kier alpha value is 0.210. The van der Waals surface area contributed by atoms with Crippen molar-refractivity contribution in [3.05, 3.63) is 30.8 Å². The van der Waals surface area contributed by atoms with Crippen molar-refractivity contribution in [1.82, 2.24) is 0 Å². The third-order valence-electron chi connectivity index (χ3n) is 1.11. The van der Waals surface area contributed by atoms with E-state index in [4.69, 9.17) is 16.9 Å². The maximum Gasteiger partial charge on any atom is 0.100 e. The Morgan fingerprint density at radius 3 is 2.73 bits per heavy atom. The van der Waals surface area contributed by atoms with Crippen LogP contribution in [0.3, 0.4) is 0 Å². The summed E-state index contributed by atoms with van der Waals surface area (Å²) in [5.41, 5.74) is 0.602. The summed E-state index contributed by atoms with van der Waals surface area (Å²) in [4.78, 5) is 0. The summed E-state index contributed by atoms with van der Waals surface area (Å²) < 4.78 is 1.76. The van der Waals surface area contributed by atoms with Crippen LogP contribution in [-0.4, -0.2) is 0 Å². The molecule has 0 atom stereocenters. The lowest BCUT2D eigenvalue weighted by Gasteiger charge is -1.98. The fourth-order valence-corrected chi connectivity index (χ4v) is 1.88. The molecule has 0 aliphatic heterocycles. The van der Waals surface area contributed by atoms with Crippen LogP contribution in [0.25, 0.3) is 0 Å². The molecule has 0 bridgehead atoms. The minimum Gasteiger partial charge on any atom is -0.192 e. The molecule has 0 N–H and O–H groups in total. The predicted molar refractivity (Wildman–Crippen MR) is 56.6 cm³/mol. The predicted octanol–water partition coefficient (Wildman–Crippen LogP) is 3.58. The van der Waals surface area contributed by atoms with E-state index >= 15 is 0 Å². The van der Waals surface area contributed by atoms with Gasteiger partial charge in [-0.15, -0.1) is 0 Å². The Morgan fingerprint density at radius 1 is 1.55 bits per heavy atom. The largest absolute Gasteiger partial charge is 0.192 e. The highest BCUT2D eigenvalue weighted by Crippen LogP contribution is 2.26. The van der Waals surface area contributed by atoms with Crippen molar-refractivity contribution in [2.45, 2.75) is 0 Å². The van der Waals surface area contributed by atoms with Crippen LogP contribution >= 0.6 is 50.1 Å². The van der Waals surface area contributed by atoms with Gasteiger partial charge in [0.05, 0.1) is 5.56 Å². The molecule has 0 saturated carbocycles. The smallest absolute Gasteiger partial charge is 0.100 e. The Kier molecular flexibility index (Phi) is 3.16. The summed E-state index contributed by atoms with van der Waals surface area (Å²) in [5, 5.41) is 9.21. The second-order valence-corrected chi connectivity index (χ2v) is 4.23. The van der Waals surface area contributed by atoms with Gasteiger partial charge in [0.25, 0.3) is 0 Å². The van der Waals surface area contributed by atoms with E-state index in [0.717, 1.165) is 8.04 Å². The normalized spacial score (nSPS) is 9.27. The third kappa shape index (κ3) is 2.08. The Morgan fingerprint density at radius 2 is 2.18 bits per heavy atom. The molecule has 0 spiro atoms. The van der Waals surface area contributed by atoms with Crippen LogP contribution < -0.4 is 0 Å². The van der Waals surface area contributed by atoms with Crippen molar-refractivity contribution in [1.29, 1.82) is 5.26 Å². The van der Waals surface area contributed by atoms with Crippen molar-refractivity contribution < 1.29 is 0 Å². The van der Waals surface area contributed by atoms with E-state index in [1.54, 1.807) is 12.1 Å². The average molecular weight is 342 g/mol. The van der Waals surface area contributed by atoms with Gasteiger partial charge in [-0.2, -0.15) is 5.26 Å². The van der Waals surface area contributed by atoms with E-state index < -0.39 is 0 Å². The van der Waals surface area contributed by atoms with Crippen molar-refractivity contribution >= 4 is 50.1 Å². The lowest BCUT2D eigenvalue weighted by atomic mass is 10.2. The quantitative estimate of drug-likeness (QED) is 0.522. The van der Waals surface area contributed by atoms with Crippen LogP contribution in [0.2, 0.25) is 5.02 Å². The molecule has 0 amide bonds. The first-order chi connectivity index (χ1) is 5.15. The van der Waals surface area contributed by atoms with E-state index in [2.05, 4.69) is 44.6 Å². The van der Waals surface area contributed by atoms with Crippen molar-refractivity contribution in [2.24, 2.45) is 0 Å². The van der Waals surface area contributed by atoms with Crippen LogP contribution in [0.15, 0.2) is 16.6 Å². The molecule has 0 saturated heterocycles. The van der Waals surface area contributed by atoms with Gasteiger partial charge in [-0.05, 0) is 50.7 Å². The van der Waals surface area contributed by atoms with E-state index in [9.17, 15) is 0 Å². The SMILES string of the molecule is N#Cc1cc(Cl)cc(Br)c1I. The Balaban J connectivity index is 3.39. The van der Waals surface area contributed by atoms with Crippen LogP contribution in [0.1, 0.15) is 5.56 Å². The molecule has 1 rings (SSSR count). The molecule has 1 nitrogen and oxygen atoms in total. The summed E-state index contributed by atoms with van der Waals surface area (Å²) in [6.07, 6.45) is 0. The summed E-state index contributed by atoms with van der Waals surface area (Å²) in [7, 11) is 0. The Labute approximate surface area is 91.6 Å². The maximum absolute atomic E-state index is 8.63. The second kappa shape index (κ2) is 3.74. The van der Waals surface area contributed by atoms with Gasteiger partial charge in [-0.25, -0.2) is 0 Å². The Bertz CT molecular complexity index is 332. The first-order valence-electron chi connectivity index (χ1n) is 2.70. The molecule has 0 fully saturated rings. The molecule has 1 aromatic rings. The first-order valence-corrected chi connectivity index (χ1v) is 4.94. The highest BCUT2D eigenvalue weighted by Gasteiger charge is 2.04. The molecule has 0 aliphatic rings. The molecule has 56 valence electrons. The lowest BCUT2D eigenvalue weighted by Crippen LogP contribution is -1.82. The number of hydrogen-bond donors (Lipinski definition) is 0. The van der Waals surface area contributed by atoms with Crippen LogP contribution in [0.5, 0.6) is 0 Å². The zero-order chi connectivity index (χ0) is 8.43. The van der Waals surface area contributed by atoms with Crippen molar-refractivity contribution in [3.63, 3.8) is 0 Å². The molecule has 0 radical (unpaired) electrons. The summed E-state index contributed by atoms with van der Waals surface area (Å²) in [5.74, 6) is 0. The van der Waals surface area contributed by atoms with Crippen LogP contribution in [-0.2, 0) is 0 Å². The standard InChI is InChI=1S/C7H2BrClIN/c8-6-2-5(9)1-4(3-11)7(6)10/h1-2H. The van der Waals surface area contributed by atoms with Gasteiger partial charge in [0.2, 0.25) is 0 Å². The van der Waals surface area contributed by atoms with E-state index in [1.165, 1.54) is 0 Å². The number of benzene rings is 1. The van der Waals surface area contributed by atoms with Gasteiger partial charge >= 0.3 is 0 Å². The highest BCUT2D eigenvalue weighted by atomic mass is 127. The number of nitrogens with zero attached hydrogens (tertiary/aromatic N) is 1. The molecule has 0 aromatic heterocycles. The molecule has 11 heavy (non-hydrogen) atoms. The lowest BCUT2D eigenvalue weighted by molar-refractivity contribution is 1.45. The van der Waals surface area contributed by atoms with Gasteiger partial charge in [0, 0.05) is 13.1 Å². The molecule has 0 heterocycles. The average Bonchev–Trinajstić information content (AvgIpc) is 1.96.